The van der Waals surface area contributed by atoms with Gasteiger partial charge in [-0.15, -0.1) is 0 Å². The maximum atomic E-state index is 12.9. The molecule has 3 rings (SSSR count). The number of halogens is 3. The molecule has 4 nitrogen and oxygen atoms in total. The minimum absolute atomic E-state index is 0.438. The van der Waals surface area contributed by atoms with Crippen molar-refractivity contribution in [2.75, 3.05) is 44.2 Å². The van der Waals surface area contributed by atoms with E-state index in [0.29, 0.717) is 51.4 Å². The third-order valence-corrected chi connectivity index (χ3v) is 5.58. The molecule has 7 heteroatoms. The number of ether oxygens (including phenoxy) is 1. The van der Waals surface area contributed by atoms with Gasteiger partial charge in [-0.2, -0.15) is 13.2 Å². The summed E-state index contributed by atoms with van der Waals surface area (Å²) in [5.74, 6) is 0.806. The molecule has 0 bridgehead atoms. The lowest BCUT2D eigenvalue weighted by Gasteiger charge is -2.37. The second-order valence-electron chi connectivity index (χ2n) is 7.87. The van der Waals surface area contributed by atoms with E-state index in [-0.39, 0.29) is 0 Å². The van der Waals surface area contributed by atoms with E-state index >= 15 is 0 Å². The van der Waals surface area contributed by atoms with Crippen molar-refractivity contribution >= 4 is 5.69 Å². The van der Waals surface area contributed by atoms with Gasteiger partial charge < -0.3 is 14.7 Å². The van der Waals surface area contributed by atoms with Gasteiger partial charge in [0, 0.05) is 44.8 Å². The molecule has 1 fully saturated rings. The molecule has 1 atom stereocenters. The lowest BCUT2D eigenvalue weighted by Crippen LogP contribution is -2.48. The summed E-state index contributed by atoms with van der Waals surface area (Å²) in [5.41, 5.74) is 2.35. The SMILES string of the molecule is Cc1ccc(OCC[C@H](O)CN2CCN(c3cccc(C(F)(F)F)c3)CC2)cc1C. The fourth-order valence-electron chi connectivity index (χ4n) is 3.57. The van der Waals surface area contributed by atoms with Gasteiger partial charge in [0.05, 0.1) is 18.3 Å². The zero-order valence-electron chi connectivity index (χ0n) is 17.5. The smallest absolute Gasteiger partial charge is 0.416 e. The monoisotopic (exact) mass is 422 g/mol. The lowest BCUT2D eigenvalue weighted by atomic mass is 10.1. The van der Waals surface area contributed by atoms with Crippen LogP contribution in [0.1, 0.15) is 23.1 Å². The molecule has 2 aromatic rings. The van der Waals surface area contributed by atoms with Crippen molar-refractivity contribution in [2.45, 2.75) is 32.5 Å². The quantitative estimate of drug-likeness (QED) is 0.723. The summed E-state index contributed by atoms with van der Waals surface area (Å²) in [6.45, 7) is 7.73. The van der Waals surface area contributed by atoms with Crippen LogP contribution >= 0.6 is 0 Å². The topological polar surface area (TPSA) is 35.9 Å². The third kappa shape index (κ3) is 6.12. The predicted octanol–water partition coefficient (Wildman–Crippen LogP) is 4.27. The van der Waals surface area contributed by atoms with E-state index in [2.05, 4.69) is 11.8 Å². The van der Waals surface area contributed by atoms with E-state index in [1.165, 1.54) is 23.3 Å². The summed E-state index contributed by atoms with van der Waals surface area (Å²) >= 11 is 0. The third-order valence-electron chi connectivity index (χ3n) is 5.58. The second-order valence-corrected chi connectivity index (χ2v) is 7.87. The molecule has 30 heavy (non-hydrogen) atoms. The van der Waals surface area contributed by atoms with Gasteiger partial charge in [0.2, 0.25) is 0 Å². The number of hydrogen-bond acceptors (Lipinski definition) is 4. The number of nitrogens with zero attached hydrogens (tertiary/aromatic N) is 2. The number of β-amino-alcohol motifs (C(OH)–C–C–N with tert-alkyl or cyclic N) is 1. The fourth-order valence-corrected chi connectivity index (χ4v) is 3.57. The average molecular weight is 422 g/mol. The predicted molar refractivity (Wildman–Crippen MR) is 112 cm³/mol. The minimum Gasteiger partial charge on any atom is -0.493 e. The Kier molecular flexibility index (Phi) is 7.26. The molecule has 1 N–H and O–H groups in total. The first-order chi connectivity index (χ1) is 14.2. The molecule has 2 aromatic carbocycles. The molecule has 0 aromatic heterocycles. The molecule has 0 amide bonds. The van der Waals surface area contributed by atoms with Crippen LogP contribution in [0.5, 0.6) is 5.75 Å². The molecular weight excluding hydrogens is 393 g/mol. The van der Waals surface area contributed by atoms with Crippen LogP contribution in [0.3, 0.4) is 0 Å². The zero-order chi connectivity index (χ0) is 21.7. The van der Waals surface area contributed by atoms with Crippen LogP contribution in [0, 0.1) is 13.8 Å². The molecule has 1 aliphatic heterocycles. The van der Waals surface area contributed by atoms with E-state index in [9.17, 15) is 18.3 Å². The van der Waals surface area contributed by atoms with Crippen molar-refractivity contribution in [3.8, 4) is 5.75 Å². The van der Waals surface area contributed by atoms with Crippen LogP contribution < -0.4 is 9.64 Å². The molecule has 0 unspecified atom stereocenters. The Morgan fingerprint density at radius 2 is 1.73 bits per heavy atom. The number of aliphatic hydroxyl groups is 1. The maximum absolute atomic E-state index is 12.9. The molecule has 0 radical (unpaired) electrons. The summed E-state index contributed by atoms with van der Waals surface area (Å²) in [5, 5.41) is 10.3. The highest BCUT2D eigenvalue weighted by Gasteiger charge is 2.31. The Labute approximate surface area is 175 Å². The van der Waals surface area contributed by atoms with Crippen LogP contribution in [-0.4, -0.2) is 55.4 Å². The lowest BCUT2D eigenvalue weighted by molar-refractivity contribution is -0.137. The highest BCUT2D eigenvalue weighted by molar-refractivity contribution is 5.49. The zero-order valence-corrected chi connectivity index (χ0v) is 17.5. The number of rotatable bonds is 7. The first-order valence-corrected chi connectivity index (χ1v) is 10.2. The van der Waals surface area contributed by atoms with E-state index in [4.69, 9.17) is 4.74 Å². The summed E-state index contributed by atoms with van der Waals surface area (Å²) in [6, 6.07) is 11.4. The van der Waals surface area contributed by atoms with Crippen molar-refractivity contribution in [3.63, 3.8) is 0 Å². The summed E-state index contributed by atoms with van der Waals surface area (Å²) in [4.78, 5) is 4.10. The highest BCUT2D eigenvalue weighted by Crippen LogP contribution is 2.31. The standard InChI is InChI=1S/C23H29F3N2O2/c1-17-6-7-22(14-18(17)2)30-13-8-21(29)16-27-9-11-28(12-10-27)20-5-3-4-19(15-20)23(24,25)26/h3-7,14-15,21,29H,8-13,16H2,1-2H3/t21-/m0/s1. The highest BCUT2D eigenvalue weighted by atomic mass is 19.4. The molecule has 1 saturated heterocycles. The van der Waals surface area contributed by atoms with Crippen molar-refractivity contribution in [3.05, 3.63) is 59.2 Å². The number of alkyl halides is 3. The molecule has 0 spiro atoms. The van der Waals surface area contributed by atoms with Crippen molar-refractivity contribution < 1.29 is 23.0 Å². The Hall–Kier alpha value is -2.25. The van der Waals surface area contributed by atoms with Gasteiger partial charge in [-0.05, 0) is 55.3 Å². The van der Waals surface area contributed by atoms with E-state index < -0.39 is 17.8 Å². The van der Waals surface area contributed by atoms with Gasteiger partial charge in [-0.25, -0.2) is 0 Å². The largest absolute Gasteiger partial charge is 0.493 e. The summed E-state index contributed by atoms with van der Waals surface area (Å²) in [7, 11) is 0. The molecule has 1 aliphatic rings. The summed E-state index contributed by atoms with van der Waals surface area (Å²) in [6.07, 6.45) is -4.31. The Bertz CT molecular complexity index is 833. The van der Waals surface area contributed by atoms with Gasteiger partial charge >= 0.3 is 6.18 Å². The van der Waals surface area contributed by atoms with Gasteiger partial charge in [0.15, 0.2) is 0 Å². The molecule has 164 valence electrons. The Morgan fingerprint density at radius 3 is 2.40 bits per heavy atom. The number of piperazine rings is 1. The first-order valence-electron chi connectivity index (χ1n) is 10.2. The maximum Gasteiger partial charge on any atom is 0.416 e. The first kappa shape index (κ1) is 22.4. The molecule has 0 saturated carbocycles. The van der Waals surface area contributed by atoms with E-state index in [1.807, 2.05) is 30.0 Å². The van der Waals surface area contributed by atoms with Gasteiger partial charge in [-0.1, -0.05) is 12.1 Å². The van der Waals surface area contributed by atoms with Gasteiger partial charge in [0.1, 0.15) is 5.75 Å². The van der Waals surface area contributed by atoms with Crippen LogP contribution in [0.4, 0.5) is 18.9 Å². The number of benzene rings is 2. The number of aryl methyl sites for hydroxylation is 2. The molecule has 1 heterocycles. The molecule has 0 aliphatic carbocycles. The Balaban J connectivity index is 1.41. The normalized spacial score (nSPS) is 16.5. The summed E-state index contributed by atoms with van der Waals surface area (Å²) < 4.78 is 44.5. The Morgan fingerprint density at radius 1 is 1.00 bits per heavy atom. The van der Waals surface area contributed by atoms with Crippen molar-refractivity contribution in [1.82, 2.24) is 4.90 Å². The number of anilines is 1. The van der Waals surface area contributed by atoms with Gasteiger partial charge in [-0.3, -0.25) is 4.90 Å². The average Bonchev–Trinajstić information content (AvgIpc) is 2.71. The number of aliphatic hydroxyl groups excluding tert-OH is 1. The van der Waals surface area contributed by atoms with Crippen LogP contribution in [-0.2, 0) is 6.18 Å². The van der Waals surface area contributed by atoms with Crippen LogP contribution in [0.2, 0.25) is 0 Å². The van der Waals surface area contributed by atoms with Crippen LogP contribution in [0.15, 0.2) is 42.5 Å². The van der Waals surface area contributed by atoms with E-state index in [0.717, 1.165) is 11.8 Å². The van der Waals surface area contributed by atoms with Crippen molar-refractivity contribution in [1.29, 1.82) is 0 Å². The van der Waals surface area contributed by atoms with Gasteiger partial charge in [0.25, 0.3) is 0 Å². The van der Waals surface area contributed by atoms with Crippen molar-refractivity contribution in [2.24, 2.45) is 0 Å². The van der Waals surface area contributed by atoms with Crippen LogP contribution in [0.25, 0.3) is 0 Å². The van der Waals surface area contributed by atoms with E-state index in [1.54, 1.807) is 6.07 Å². The number of hydrogen-bond donors (Lipinski definition) is 1. The fraction of sp³-hybridized carbons (Fsp3) is 0.478. The molecular formula is C23H29F3N2O2. The second kappa shape index (κ2) is 9.71. The minimum atomic E-state index is -4.33.